The van der Waals surface area contributed by atoms with E-state index in [1.54, 1.807) is 0 Å². The Labute approximate surface area is 192 Å². The number of para-hydroxylation sites is 1. The number of halogens is 3. The second-order valence-corrected chi connectivity index (χ2v) is 12.8. The summed E-state index contributed by atoms with van der Waals surface area (Å²) in [5.74, 6) is -0.480. The van der Waals surface area contributed by atoms with Gasteiger partial charge in [-0.1, -0.05) is 12.1 Å². The van der Waals surface area contributed by atoms with Crippen LogP contribution in [0.25, 0.3) is 0 Å². The summed E-state index contributed by atoms with van der Waals surface area (Å²) in [7, 11) is -3.27. The lowest BCUT2D eigenvalue weighted by Gasteiger charge is -2.60. The molecule has 0 spiro atoms. The summed E-state index contributed by atoms with van der Waals surface area (Å²) in [5, 5.41) is 18.8. The fourth-order valence-corrected chi connectivity index (χ4v) is 8.04. The molecular formula is C23H28F3N3O3S. The van der Waals surface area contributed by atoms with Gasteiger partial charge in [0.1, 0.15) is 5.75 Å². The number of nitriles is 1. The first-order valence-corrected chi connectivity index (χ1v) is 12.9. The maximum absolute atomic E-state index is 13.4. The molecule has 5 rings (SSSR count). The maximum Gasteiger partial charge on any atom is 0.419 e. The van der Waals surface area contributed by atoms with E-state index in [0.29, 0.717) is 19.3 Å². The number of nitrogens with one attached hydrogen (secondary N) is 1. The van der Waals surface area contributed by atoms with E-state index in [2.05, 4.69) is 6.19 Å². The van der Waals surface area contributed by atoms with Gasteiger partial charge >= 0.3 is 6.18 Å². The van der Waals surface area contributed by atoms with E-state index in [4.69, 9.17) is 10.1 Å². The number of sulfone groups is 1. The van der Waals surface area contributed by atoms with Gasteiger partial charge in [-0.3, -0.25) is 10.3 Å². The van der Waals surface area contributed by atoms with Crippen LogP contribution in [0.15, 0.2) is 24.3 Å². The summed E-state index contributed by atoms with van der Waals surface area (Å²) in [5.41, 5.74) is -2.46. The number of amidine groups is 1. The van der Waals surface area contributed by atoms with Gasteiger partial charge in [-0.15, -0.1) is 0 Å². The van der Waals surface area contributed by atoms with Gasteiger partial charge in [0.25, 0.3) is 0 Å². The minimum Gasteiger partial charge on any atom is -0.479 e. The lowest BCUT2D eigenvalue weighted by atomic mass is 9.53. The minimum atomic E-state index is -4.62. The van der Waals surface area contributed by atoms with Gasteiger partial charge in [0.05, 0.1) is 16.4 Å². The van der Waals surface area contributed by atoms with Crippen molar-refractivity contribution in [2.75, 3.05) is 6.26 Å². The summed E-state index contributed by atoms with van der Waals surface area (Å²) in [6.07, 6.45) is 1.88. The first kappa shape index (κ1) is 23.9. The lowest BCUT2D eigenvalue weighted by Crippen LogP contribution is -2.65. The van der Waals surface area contributed by atoms with E-state index in [1.807, 2.05) is 0 Å². The molecule has 0 saturated heterocycles. The number of hydrogen-bond acceptors (Lipinski definition) is 5. The molecule has 4 bridgehead atoms. The molecular weight excluding hydrogens is 455 g/mol. The van der Waals surface area contributed by atoms with Crippen LogP contribution in [-0.2, 0) is 16.0 Å². The SMILES string of the molecule is CC(C)(Oc1ccccc1C(F)(F)F)C(=N)N(C#N)C1C2CC3CC1CC(S(C)(=O)=O)(C3)C2. The Morgan fingerprint density at radius 3 is 2.27 bits per heavy atom. The van der Waals surface area contributed by atoms with Gasteiger partial charge in [0.15, 0.2) is 27.5 Å². The molecule has 0 amide bonds. The molecule has 1 N–H and O–H groups in total. The standard InChI is InChI=1S/C23H28F3N3O3S/c1-21(2,32-18-7-5-4-6-17(18)23(24,25)26)20(28)29(13-27)19-15-8-14-9-16(19)12-22(10-14,11-15)33(3,30)31/h4-7,14-16,19,28H,8-12H2,1-3H3. The average molecular weight is 484 g/mol. The van der Waals surface area contributed by atoms with Crippen molar-refractivity contribution in [1.29, 1.82) is 10.7 Å². The van der Waals surface area contributed by atoms with Gasteiger partial charge in [0.2, 0.25) is 0 Å². The van der Waals surface area contributed by atoms with E-state index >= 15 is 0 Å². The lowest BCUT2D eigenvalue weighted by molar-refractivity contribution is -0.139. The minimum absolute atomic E-state index is 0.0655. The molecule has 4 aliphatic carbocycles. The molecule has 0 radical (unpaired) electrons. The van der Waals surface area contributed by atoms with Crippen LogP contribution in [0.1, 0.15) is 51.5 Å². The van der Waals surface area contributed by atoms with Crippen LogP contribution in [0.3, 0.4) is 0 Å². The maximum atomic E-state index is 13.4. The molecule has 1 aromatic rings. The van der Waals surface area contributed by atoms with E-state index in [0.717, 1.165) is 18.9 Å². The molecule has 4 fully saturated rings. The number of ether oxygens (including phenoxy) is 1. The van der Waals surface area contributed by atoms with E-state index < -0.39 is 37.7 Å². The van der Waals surface area contributed by atoms with Crippen molar-refractivity contribution in [2.45, 2.75) is 68.5 Å². The summed E-state index contributed by atoms with van der Waals surface area (Å²) >= 11 is 0. The number of benzene rings is 1. The Hall–Kier alpha value is -2.28. The normalized spacial score (nSPS) is 31.2. The predicted molar refractivity (Wildman–Crippen MR) is 116 cm³/mol. The quantitative estimate of drug-likeness (QED) is 0.286. The zero-order chi connectivity index (χ0) is 24.4. The highest BCUT2D eigenvalue weighted by atomic mass is 32.2. The Kier molecular flexibility index (Phi) is 5.51. The van der Waals surface area contributed by atoms with Crippen LogP contribution >= 0.6 is 0 Å². The zero-order valence-corrected chi connectivity index (χ0v) is 19.6. The van der Waals surface area contributed by atoms with Crippen LogP contribution in [0.5, 0.6) is 5.75 Å². The second kappa shape index (κ2) is 7.62. The third kappa shape index (κ3) is 3.98. The second-order valence-electron chi connectivity index (χ2n) is 10.3. The molecule has 33 heavy (non-hydrogen) atoms. The fraction of sp³-hybridized carbons (Fsp3) is 0.652. The predicted octanol–water partition coefficient (Wildman–Crippen LogP) is 4.62. The van der Waals surface area contributed by atoms with Gasteiger partial charge in [-0.2, -0.15) is 18.4 Å². The number of nitrogens with zero attached hydrogens (tertiary/aromatic N) is 2. The third-order valence-corrected chi connectivity index (χ3v) is 9.80. The Balaban J connectivity index is 1.61. The summed E-state index contributed by atoms with van der Waals surface area (Å²) < 4.78 is 70.4. The van der Waals surface area contributed by atoms with Crippen LogP contribution in [-0.4, -0.2) is 41.8 Å². The summed E-state index contributed by atoms with van der Waals surface area (Å²) in [4.78, 5) is 1.26. The fourth-order valence-electron chi connectivity index (χ4n) is 6.47. The van der Waals surface area contributed by atoms with Crippen molar-refractivity contribution < 1.29 is 26.3 Å². The number of alkyl halides is 3. The molecule has 10 heteroatoms. The molecule has 0 heterocycles. The molecule has 4 aliphatic rings. The molecule has 4 saturated carbocycles. The Morgan fingerprint density at radius 2 is 1.76 bits per heavy atom. The van der Waals surface area contributed by atoms with Crippen LogP contribution in [0.4, 0.5) is 13.2 Å². The van der Waals surface area contributed by atoms with Crippen molar-refractivity contribution in [3.05, 3.63) is 29.8 Å². The molecule has 0 aromatic heterocycles. The highest BCUT2D eigenvalue weighted by Gasteiger charge is 2.61. The zero-order valence-electron chi connectivity index (χ0n) is 18.8. The molecule has 180 valence electrons. The summed E-state index contributed by atoms with van der Waals surface area (Å²) in [6, 6.07) is 4.46. The average Bonchev–Trinajstić information content (AvgIpc) is 2.68. The van der Waals surface area contributed by atoms with Crippen molar-refractivity contribution in [1.82, 2.24) is 4.90 Å². The van der Waals surface area contributed by atoms with Crippen LogP contribution in [0.2, 0.25) is 0 Å². The first-order chi connectivity index (χ1) is 15.2. The van der Waals surface area contributed by atoms with Crippen molar-refractivity contribution in [3.8, 4) is 11.9 Å². The van der Waals surface area contributed by atoms with Crippen molar-refractivity contribution in [2.24, 2.45) is 17.8 Å². The van der Waals surface area contributed by atoms with Gasteiger partial charge < -0.3 is 4.74 Å². The number of hydrogen-bond donors (Lipinski definition) is 1. The highest BCUT2D eigenvalue weighted by molar-refractivity contribution is 7.92. The van der Waals surface area contributed by atoms with Gasteiger partial charge in [-0.05, 0) is 75.8 Å². The molecule has 1 aromatic carbocycles. The summed E-state index contributed by atoms with van der Waals surface area (Å²) in [6.45, 7) is 2.95. The molecule has 0 aliphatic heterocycles. The largest absolute Gasteiger partial charge is 0.479 e. The van der Waals surface area contributed by atoms with Crippen LogP contribution in [0, 0.1) is 34.6 Å². The van der Waals surface area contributed by atoms with E-state index in [9.17, 15) is 26.9 Å². The van der Waals surface area contributed by atoms with E-state index in [1.165, 1.54) is 43.2 Å². The Morgan fingerprint density at radius 1 is 1.18 bits per heavy atom. The monoisotopic (exact) mass is 483 g/mol. The topological polar surface area (TPSA) is 94.2 Å². The van der Waals surface area contributed by atoms with E-state index in [-0.39, 0.29) is 29.6 Å². The van der Waals surface area contributed by atoms with Crippen molar-refractivity contribution >= 4 is 15.7 Å². The smallest absolute Gasteiger partial charge is 0.419 e. The van der Waals surface area contributed by atoms with Gasteiger partial charge in [-0.25, -0.2) is 8.42 Å². The molecule has 2 atom stereocenters. The number of rotatable bonds is 5. The first-order valence-electron chi connectivity index (χ1n) is 11.0. The van der Waals surface area contributed by atoms with Crippen LogP contribution < -0.4 is 4.74 Å². The molecule has 2 unspecified atom stereocenters. The van der Waals surface area contributed by atoms with Crippen molar-refractivity contribution in [3.63, 3.8) is 0 Å². The highest BCUT2D eigenvalue weighted by Crippen LogP contribution is 2.59. The Bertz CT molecular complexity index is 1090. The molecule has 6 nitrogen and oxygen atoms in total. The third-order valence-electron chi connectivity index (χ3n) is 7.73. The van der Waals surface area contributed by atoms with Gasteiger partial charge in [0, 0.05) is 6.26 Å².